The molecule has 1 atom stereocenters. The van der Waals surface area contributed by atoms with Gasteiger partial charge in [0.05, 0.1) is 12.7 Å². The summed E-state index contributed by atoms with van der Waals surface area (Å²) in [6.07, 6.45) is 5.54. The lowest BCUT2D eigenvalue weighted by Crippen LogP contribution is -2.21. The fourth-order valence-corrected chi connectivity index (χ4v) is 2.15. The molecular weight excluding hydrogens is 295 g/mol. The highest BCUT2D eigenvalue weighted by Gasteiger charge is 2.17. The molecule has 3 nitrogen and oxygen atoms in total. The van der Waals surface area contributed by atoms with Crippen LogP contribution in [0.15, 0.2) is 9.66 Å². The predicted molar refractivity (Wildman–Crippen MR) is 62.3 cm³/mol. The average molecular weight is 310 g/mol. The van der Waals surface area contributed by atoms with Crippen LogP contribution in [0.3, 0.4) is 0 Å². The van der Waals surface area contributed by atoms with Crippen LogP contribution in [-0.2, 0) is 14.3 Å². The van der Waals surface area contributed by atoms with Crippen LogP contribution in [0.5, 0.6) is 0 Å². The predicted octanol–water partition coefficient (Wildman–Crippen LogP) is 2.44. The minimum absolute atomic E-state index is 0.0683. The van der Waals surface area contributed by atoms with Crippen LogP contribution in [0.4, 0.5) is 0 Å². The number of carbonyl (C=O) groups is 1. The zero-order chi connectivity index (χ0) is 10.4. The van der Waals surface area contributed by atoms with Crippen LogP contribution in [0.1, 0.15) is 26.2 Å². The van der Waals surface area contributed by atoms with Crippen molar-refractivity contribution in [1.29, 1.82) is 0 Å². The molecule has 0 saturated carbocycles. The summed E-state index contributed by atoms with van der Waals surface area (Å²) in [6.45, 7) is 2.28. The van der Waals surface area contributed by atoms with E-state index in [-0.39, 0.29) is 18.7 Å². The third-order valence-electron chi connectivity index (χ3n) is 2.03. The van der Waals surface area contributed by atoms with Gasteiger partial charge in [0.1, 0.15) is 6.61 Å². The second-order valence-electron chi connectivity index (χ2n) is 3.12. The molecule has 1 aliphatic rings. The Balaban J connectivity index is 2.26. The first-order chi connectivity index (χ1) is 6.74. The van der Waals surface area contributed by atoms with E-state index >= 15 is 0 Å². The molecule has 80 valence electrons. The van der Waals surface area contributed by atoms with Gasteiger partial charge in [-0.25, -0.2) is 4.79 Å². The lowest BCUT2D eigenvalue weighted by molar-refractivity contribution is -0.149. The maximum atomic E-state index is 11.0. The molecule has 0 aliphatic heterocycles. The van der Waals surface area contributed by atoms with Gasteiger partial charge in [-0.1, -0.05) is 6.08 Å². The van der Waals surface area contributed by atoms with E-state index in [0.29, 0.717) is 6.61 Å². The van der Waals surface area contributed by atoms with Crippen LogP contribution >= 0.6 is 22.6 Å². The van der Waals surface area contributed by atoms with E-state index < -0.39 is 0 Å². The average Bonchev–Trinajstić information content (AvgIpc) is 2.17. The Hall–Kier alpha value is -0.100. The molecular formula is C10H15IO3. The highest BCUT2D eigenvalue weighted by atomic mass is 127. The first kappa shape index (κ1) is 12.0. The van der Waals surface area contributed by atoms with E-state index in [4.69, 9.17) is 9.47 Å². The van der Waals surface area contributed by atoms with Gasteiger partial charge >= 0.3 is 5.97 Å². The van der Waals surface area contributed by atoms with Crippen LogP contribution in [0.25, 0.3) is 0 Å². The molecule has 1 unspecified atom stereocenters. The van der Waals surface area contributed by atoms with Gasteiger partial charge in [-0.15, -0.1) is 0 Å². The summed E-state index contributed by atoms with van der Waals surface area (Å²) in [7, 11) is 0. The minimum atomic E-state index is -0.276. The molecule has 0 aromatic rings. The maximum absolute atomic E-state index is 11.0. The van der Waals surface area contributed by atoms with Gasteiger partial charge in [0, 0.05) is 3.58 Å². The van der Waals surface area contributed by atoms with E-state index in [9.17, 15) is 4.79 Å². The Labute approximate surface area is 98.0 Å². The van der Waals surface area contributed by atoms with Gasteiger partial charge in [0.15, 0.2) is 0 Å². The first-order valence-corrected chi connectivity index (χ1v) is 5.94. The van der Waals surface area contributed by atoms with Crippen molar-refractivity contribution in [3.05, 3.63) is 9.66 Å². The van der Waals surface area contributed by atoms with Crippen molar-refractivity contribution in [2.75, 3.05) is 13.2 Å². The summed E-state index contributed by atoms with van der Waals surface area (Å²) in [5.41, 5.74) is 0. The van der Waals surface area contributed by atoms with Crippen LogP contribution < -0.4 is 0 Å². The molecule has 14 heavy (non-hydrogen) atoms. The molecule has 0 spiro atoms. The van der Waals surface area contributed by atoms with Crippen molar-refractivity contribution in [3.8, 4) is 0 Å². The zero-order valence-corrected chi connectivity index (χ0v) is 10.5. The number of hydrogen-bond donors (Lipinski definition) is 0. The first-order valence-electron chi connectivity index (χ1n) is 4.86. The van der Waals surface area contributed by atoms with Crippen molar-refractivity contribution in [3.63, 3.8) is 0 Å². The molecule has 0 N–H and O–H groups in total. The molecule has 0 fully saturated rings. The van der Waals surface area contributed by atoms with E-state index in [1.165, 1.54) is 3.58 Å². The van der Waals surface area contributed by atoms with Gasteiger partial charge in [-0.05, 0) is 48.8 Å². The Bertz CT molecular complexity index is 225. The number of allylic oxidation sites excluding steroid dienone is 1. The maximum Gasteiger partial charge on any atom is 0.332 e. The summed E-state index contributed by atoms with van der Waals surface area (Å²) in [5.74, 6) is -0.276. The molecule has 0 radical (unpaired) electrons. The molecule has 1 rings (SSSR count). The molecule has 0 bridgehead atoms. The summed E-state index contributed by atoms with van der Waals surface area (Å²) in [5, 5.41) is 0. The second kappa shape index (κ2) is 6.40. The van der Waals surface area contributed by atoms with Crippen LogP contribution in [0.2, 0.25) is 0 Å². The lowest BCUT2D eigenvalue weighted by Gasteiger charge is -2.20. The van der Waals surface area contributed by atoms with Gasteiger partial charge < -0.3 is 9.47 Å². The number of hydrogen-bond acceptors (Lipinski definition) is 3. The summed E-state index contributed by atoms with van der Waals surface area (Å²) in [4.78, 5) is 11.0. The lowest BCUT2D eigenvalue weighted by atomic mass is 10.1. The summed E-state index contributed by atoms with van der Waals surface area (Å²) < 4.78 is 11.4. The second-order valence-corrected chi connectivity index (χ2v) is 4.37. The van der Waals surface area contributed by atoms with Gasteiger partial charge in [-0.3, -0.25) is 0 Å². The Morgan fingerprint density at radius 3 is 3.14 bits per heavy atom. The number of carbonyl (C=O) groups excluding carboxylic acids is 1. The fraction of sp³-hybridized carbons (Fsp3) is 0.700. The Morgan fingerprint density at radius 2 is 2.50 bits per heavy atom. The normalized spacial score (nSPS) is 21.6. The highest BCUT2D eigenvalue weighted by Crippen LogP contribution is 2.25. The topological polar surface area (TPSA) is 35.5 Å². The monoisotopic (exact) mass is 310 g/mol. The fourth-order valence-electron chi connectivity index (χ4n) is 1.35. The molecule has 0 heterocycles. The van der Waals surface area contributed by atoms with E-state index in [1.54, 1.807) is 6.92 Å². The van der Waals surface area contributed by atoms with E-state index in [1.807, 2.05) is 0 Å². The summed E-state index contributed by atoms with van der Waals surface area (Å²) in [6, 6.07) is 0. The number of halogens is 1. The van der Waals surface area contributed by atoms with Crippen molar-refractivity contribution in [2.24, 2.45) is 0 Å². The Kier molecular flexibility index (Phi) is 5.47. The van der Waals surface area contributed by atoms with Crippen LogP contribution in [-0.4, -0.2) is 25.3 Å². The molecule has 0 saturated heterocycles. The van der Waals surface area contributed by atoms with Crippen molar-refractivity contribution >= 4 is 28.6 Å². The van der Waals surface area contributed by atoms with Crippen molar-refractivity contribution in [2.45, 2.75) is 32.3 Å². The number of esters is 1. The van der Waals surface area contributed by atoms with Gasteiger partial charge in [0.25, 0.3) is 0 Å². The largest absolute Gasteiger partial charge is 0.464 e. The number of ether oxygens (including phenoxy) is 2. The van der Waals surface area contributed by atoms with E-state index in [2.05, 4.69) is 28.7 Å². The number of rotatable bonds is 4. The van der Waals surface area contributed by atoms with Gasteiger partial charge in [-0.2, -0.15) is 0 Å². The third kappa shape index (κ3) is 3.96. The molecule has 0 aromatic carbocycles. The van der Waals surface area contributed by atoms with E-state index in [0.717, 1.165) is 19.3 Å². The Morgan fingerprint density at radius 1 is 1.71 bits per heavy atom. The highest BCUT2D eigenvalue weighted by molar-refractivity contribution is 14.1. The van der Waals surface area contributed by atoms with Crippen LogP contribution in [0, 0.1) is 0 Å². The zero-order valence-electron chi connectivity index (χ0n) is 8.29. The molecule has 1 aliphatic carbocycles. The quantitative estimate of drug-likeness (QED) is 0.591. The third-order valence-corrected chi connectivity index (χ3v) is 3.16. The standard InChI is InChI=1S/C10H15IO3/c1-2-13-10(12)7-14-9-6-4-3-5-8(9)11/h5,9H,2-4,6-7H2,1H3. The smallest absolute Gasteiger partial charge is 0.332 e. The molecule has 0 amide bonds. The SMILES string of the molecule is CCOC(=O)COC1CCCC=C1I. The molecule has 4 heteroatoms. The van der Waals surface area contributed by atoms with Crippen molar-refractivity contribution < 1.29 is 14.3 Å². The van der Waals surface area contributed by atoms with Crippen molar-refractivity contribution in [1.82, 2.24) is 0 Å². The minimum Gasteiger partial charge on any atom is -0.464 e. The summed E-state index contributed by atoms with van der Waals surface area (Å²) >= 11 is 2.27. The van der Waals surface area contributed by atoms with Gasteiger partial charge in [0.2, 0.25) is 0 Å². The molecule has 0 aromatic heterocycles.